The van der Waals surface area contributed by atoms with Crippen molar-refractivity contribution in [2.24, 2.45) is 0 Å². The molecule has 2 rings (SSSR count). The van der Waals surface area contributed by atoms with Crippen LogP contribution in [0.3, 0.4) is 0 Å². The van der Waals surface area contributed by atoms with Crippen molar-refractivity contribution in [2.75, 3.05) is 13.7 Å². The highest BCUT2D eigenvalue weighted by Crippen LogP contribution is 2.23. The van der Waals surface area contributed by atoms with E-state index in [4.69, 9.17) is 4.74 Å². The van der Waals surface area contributed by atoms with Crippen molar-refractivity contribution in [2.45, 2.75) is 31.7 Å². The Labute approximate surface area is 163 Å². The van der Waals surface area contributed by atoms with Crippen LogP contribution in [0.15, 0.2) is 54.6 Å². The van der Waals surface area contributed by atoms with Gasteiger partial charge in [0, 0.05) is 6.54 Å². The van der Waals surface area contributed by atoms with Crippen LogP contribution in [0.5, 0.6) is 0 Å². The maximum absolute atomic E-state index is 11.7. The van der Waals surface area contributed by atoms with Crippen molar-refractivity contribution in [1.29, 1.82) is 0 Å². The van der Waals surface area contributed by atoms with Crippen molar-refractivity contribution in [3.05, 3.63) is 71.3 Å². The van der Waals surface area contributed by atoms with E-state index in [1.807, 2.05) is 30.3 Å². The SMILES string of the molecule is COC(=O)Cc1ccccc1C(O)C(O)CCNC(=O)OCc1ccccc1. The lowest BCUT2D eigenvalue weighted by molar-refractivity contribution is -0.139. The Bertz CT molecular complexity index is 765. The van der Waals surface area contributed by atoms with E-state index in [2.05, 4.69) is 10.1 Å². The molecule has 3 N–H and O–H groups in total. The first-order valence-corrected chi connectivity index (χ1v) is 8.96. The number of rotatable bonds is 9. The second-order valence-electron chi connectivity index (χ2n) is 6.24. The minimum atomic E-state index is -1.19. The number of esters is 1. The third kappa shape index (κ3) is 6.68. The Morgan fingerprint density at radius 2 is 1.71 bits per heavy atom. The van der Waals surface area contributed by atoms with Crippen molar-refractivity contribution >= 4 is 12.1 Å². The fraction of sp³-hybridized carbons (Fsp3) is 0.333. The van der Waals surface area contributed by atoms with Crippen LogP contribution >= 0.6 is 0 Å². The van der Waals surface area contributed by atoms with Gasteiger partial charge in [0.15, 0.2) is 0 Å². The van der Waals surface area contributed by atoms with Gasteiger partial charge in [-0.2, -0.15) is 0 Å². The highest BCUT2D eigenvalue weighted by Gasteiger charge is 2.22. The van der Waals surface area contributed by atoms with Crippen LogP contribution in [-0.2, 0) is 27.3 Å². The maximum atomic E-state index is 11.7. The predicted molar refractivity (Wildman–Crippen MR) is 102 cm³/mol. The first kappa shape index (κ1) is 21.4. The van der Waals surface area contributed by atoms with Crippen molar-refractivity contribution in [3.8, 4) is 0 Å². The summed E-state index contributed by atoms with van der Waals surface area (Å²) in [6.07, 6.45) is -2.79. The van der Waals surface area contributed by atoms with Crippen LogP contribution in [0.4, 0.5) is 4.79 Å². The van der Waals surface area contributed by atoms with E-state index in [-0.39, 0.29) is 26.0 Å². The Balaban J connectivity index is 1.80. The molecular formula is C21H25NO6. The van der Waals surface area contributed by atoms with E-state index < -0.39 is 24.3 Å². The molecule has 0 saturated heterocycles. The largest absolute Gasteiger partial charge is 0.469 e. The first-order valence-electron chi connectivity index (χ1n) is 8.96. The quantitative estimate of drug-likeness (QED) is 0.569. The smallest absolute Gasteiger partial charge is 0.407 e. The third-order valence-corrected chi connectivity index (χ3v) is 4.22. The molecule has 28 heavy (non-hydrogen) atoms. The number of hydrogen-bond acceptors (Lipinski definition) is 6. The normalized spacial score (nSPS) is 12.7. The fourth-order valence-corrected chi connectivity index (χ4v) is 2.67. The molecule has 150 valence electrons. The van der Waals surface area contributed by atoms with E-state index in [9.17, 15) is 19.8 Å². The molecule has 0 aliphatic heterocycles. The molecule has 2 atom stereocenters. The van der Waals surface area contributed by atoms with E-state index in [0.29, 0.717) is 11.1 Å². The van der Waals surface area contributed by atoms with Crippen LogP contribution in [0, 0.1) is 0 Å². The molecule has 0 radical (unpaired) electrons. The Kier molecular flexibility index (Phi) is 8.45. The number of methoxy groups -OCH3 is 1. The Hall–Kier alpha value is -2.90. The second-order valence-corrected chi connectivity index (χ2v) is 6.24. The lowest BCUT2D eigenvalue weighted by atomic mass is 9.95. The molecule has 7 nitrogen and oxygen atoms in total. The number of amides is 1. The number of carbonyl (C=O) groups is 2. The third-order valence-electron chi connectivity index (χ3n) is 4.22. The monoisotopic (exact) mass is 387 g/mol. The zero-order valence-corrected chi connectivity index (χ0v) is 15.7. The number of carbonyl (C=O) groups excluding carboxylic acids is 2. The topological polar surface area (TPSA) is 105 Å². The molecule has 0 bridgehead atoms. The summed E-state index contributed by atoms with van der Waals surface area (Å²) in [5.41, 5.74) is 1.90. The van der Waals surface area contributed by atoms with Gasteiger partial charge in [-0.05, 0) is 23.1 Å². The van der Waals surface area contributed by atoms with Crippen LogP contribution in [0.25, 0.3) is 0 Å². The summed E-state index contributed by atoms with van der Waals surface area (Å²) >= 11 is 0. The maximum Gasteiger partial charge on any atom is 0.407 e. The molecule has 0 aromatic heterocycles. The average molecular weight is 387 g/mol. The second kappa shape index (κ2) is 11.1. The summed E-state index contributed by atoms with van der Waals surface area (Å²) in [6.45, 7) is 0.282. The van der Waals surface area contributed by atoms with Gasteiger partial charge in [-0.25, -0.2) is 4.79 Å². The summed E-state index contributed by atoms with van der Waals surface area (Å²) in [5.74, 6) is -0.433. The molecular weight excluding hydrogens is 362 g/mol. The van der Waals surface area contributed by atoms with Crippen LogP contribution in [0.1, 0.15) is 29.2 Å². The van der Waals surface area contributed by atoms with E-state index in [1.54, 1.807) is 24.3 Å². The number of benzene rings is 2. The van der Waals surface area contributed by atoms with Gasteiger partial charge in [-0.3, -0.25) is 4.79 Å². The molecule has 0 fully saturated rings. The molecule has 0 heterocycles. The van der Waals surface area contributed by atoms with Gasteiger partial charge < -0.3 is 25.0 Å². The van der Waals surface area contributed by atoms with Crippen LogP contribution in [0.2, 0.25) is 0 Å². The summed E-state index contributed by atoms with van der Waals surface area (Å²) in [6, 6.07) is 16.1. The number of alkyl carbamates (subject to hydrolysis) is 1. The van der Waals surface area contributed by atoms with Crippen LogP contribution < -0.4 is 5.32 Å². The van der Waals surface area contributed by atoms with Gasteiger partial charge in [0.2, 0.25) is 0 Å². The average Bonchev–Trinajstić information content (AvgIpc) is 2.72. The van der Waals surface area contributed by atoms with Gasteiger partial charge in [0.05, 0.1) is 19.6 Å². The number of hydrogen-bond donors (Lipinski definition) is 3. The minimum Gasteiger partial charge on any atom is -0.469 e. The number of aliphatic hydroxyl groups is 2. The van der Waals surface area contributed by atoms with Gasteiger partial charge >= 0.3 is 12.1 Å². The first-order chi connectivity index (χ1) is 13.5. The predicted octanol–water partition coefficient (Wildman–Crippen LogP) is 2.11. The lowest BCUT2D eigenvalue weighted by Crippen LogP contribution is -2.30. The molecule has 0 aliphatic rings. The molecule has 0 saturated carbocycles. The molecule has 1 amide bonds. The van der Waals surface area contributed by atoms with Crippen molar-refractivity contribution in [1.82, 2.24) is 5.32 Å². The van der Waals surface area contributed by atoms with E-state index in [0.717, 1.165) is 5.56 Å². The standard InChI is InChI=1S/C21H25NO6/c1-27-19(24)13-16-9-5-6-10-17(16)20(25)18(23)11-12-22-21(26)28-14-15-7-3-2-4-8-15/h2-10,18,20,23,25H,11-14H2,1H3,(H,22,26). The molecule has 2 aromatic carbocycles. The number of nitrogens with one attached hydrogen (secondary N) is 1. The van der Waals surface area contributed by atoms with Gasteiger partial charge in [-0.15, -0.1) is 0 Å². The molecule has 0 spiro atoms. The summed E-state index contributed by atoms with van der Waals surface area (Å²) in [4.78, 5) is 23.2. The summed E-state index contributed by atoms with van der Waals surface area (Å²) in [7, 11) is 1.29. The number of aliphatic hydroxyl groups excluding tert-OH is 2. The van der Waals surface area contributed by atoms with E-state index >= 15 is 0 Å². The van der Waals surface area contributed by atoms with Gasteiger partial charge in [0.25, 0.3) is 0 Å². The number of ether oxygens (including phenoxy) is 2. The van der Waals surface area contributed by atoms with Gasteiger partial charge in [0.1, 0.15) is 12.7 Å². The molecule has 2 aromatic rings. The highest BCUT2D eigenvalue weighted by atomic mass is 16.5. The highest BCUT2D eigenvalue weighted by molar-refractivity contribution is 5.73. The Morgan fingerprint density at radius 1 is 1.04 bits per heavy atom. The summed E-state index contributed by atoms with van der Waals surface area (Å²) in [5, 5.41) is 23.2. The zero-order valence-electron chi connectivity index (χ0n) is 15.7. The lowest BCUT2D eigenvalue weighted by Gasteiger charge is -2.20. The van der Waals surface area contributed by atoms with Crippen LogP contribution in [-0.4, -0.2) is 42.0 Å². The van der Waals surface area contributed by atoms with Crippen molar-refractivity contribution < 1.29 is 29.3 Å². The zero-order chi connectivity index (χ0) is 20.4. The Morgan fingerprint density at radius 3 is 2.43 bits per heavy atom. The minimum absolute atomic E-state index is 0.000511. The van der Waals surface area contributed by atoms with E-state index in [1.165, 1.54) is 7.11 Å². The summed E-state index contributed by atoms with van der Waals surface area (Å²) < 4.78 is 9.74. The molecule has 0 aliphatic carbocycles. The van der Waals surface area contributed by atoms with Crippen molar-refractivity contribution in [3.63, 3.8) is 0 Å². The molecule has 7 heteroatoms. The van der Waals surface area contributed by atoms with Gasteiger partial charge in [-0.1, -0.05) is 54.6 Å². The fourth-order valence-electron chi connectivity index (χ4n) is 2.67. The molecule has 2 unspecified atom stereocenters.